The molecule has 2 aromatic rings. The van der Waals surface area contributed by atoms with Crippen LogP contribution in [0.5, 0.6) is 11.5 Å². The Kier molecular flexibility index (Phi) is 5.03. The van der Waals surface area contributed by atoms with E-state index in [2.05, 4.69) is 10.2 Å². The molecule has 21 heavy (non-hydrogen) atoms. The van der Waals surface area contributed by atoms with Gasteiger partial charge < -0.3 is 19.8 Å². The van der Waals surface area contributed by atoms with Gasteiger partial charge in [-0.25, -0.2) is 4.39 Å². The highest BCUT2D eigenvalue weighted by atomic mass is 32.2. The fourth-order valence-electron chi connectivity index (χ4n) is 1.80. The van der Waals surface area contributed by atoms with Crippen LogP contribution in [-0.4, -0.2) is 29.0 Å². The molecule has 1 heterocycles. The number of benzene rings is 1. The Labute approximate surface area is 126 Å². The predicted octanol–water partition coefficient (Wildman–Crippen LogP) is 1.72. The maximum absolute atomic E-state index is 14.0. The van der Waals surface area contributed by atoms with E-state index in [0.717, 1.165) is 0 Å². The van der Waals surface area contributed by atoms with E-state index < -0.39 is 0 Å². The summed E-state index contributed by atoms with van der Waals surface area (Å²) < 4.78 is 26.0. The van der Waals surface area contributed by atoms with Gasteiger partial charge in [0.15, 0.2) is 16.7 Å². The summed E-state index contributed by atoms with van der Waals surface area (Å²) in [5.74, 6) is 1.61. The van der Waals surface area contributed by atoms with Crippen molar-refractivity contribution in [1.82, 2.24) is 14.8 Å². The summed E-state index contributed by atoms with van der Waals surface area (Å²) in [6, 6.07) is 2.94. The third-order valence-electron chi connectivity index (χ3n) is 3.02. The van der Waals surface area contributed by atoms with Gasteiger partial charge in [-0.15, -0.1) is 10.2 Å². The number of ether oxygens (including phenoxy) is 2. The third-order valence-corrected chi connectivity index (χ3v) is 4.09. The standard InChI is InChI=1S/C13H17FN4O2S/c1-18-12(6-15)16-17-13(18)21-7-8-4-10(19-2)11(20-3)5-9(8)14/h4-5H,6-7,15H2,1-3H3. The summed E-state index contributed by atoms with van der Waals surface area (Å²) in [6.07, 6.45) is 0. The molecule has 1 aromatic heterocycles. The fourth-order valence-corrected chi connectivity index (χ4v) is 2.70. The van der Waals surface area contributed by atoms with Gasteiger partial charge in [0.2, 0.25) is 0 Å². The lowest BCUT2D eigenvalue weighted by Crippen LogP contribution is -2.05. The topological polar surface area (TPSA) is 75.2 Å². The van der Waals surface area contributed by atoms with Crippen molar-refractivity contribution >= 4 is 11.8 Å². The van der Waals surface area contributed by atoms with E-state index in [0.29, 0.717) is 40.3 Å². The molecule has 2 rings (SSSR count). The second-order valence-electron chi connectivity index (χ2n) is 4.25. The summed E-state index contributed by atoms with van der Waals surface area (Å²) >= 11 is 1.38. The molecule has 0 aliphatic heterocycles. The Hall–Kier alpha value is -1.80. The number of aromatic nitrogens is 3. The zero-order valence-corrected chi connectivity index (χ0v) is 12.9. The maximum atomic E-state index is 14.0. The first-order valence-corrected chi connectivity index (χ1v) is 7.20. The highest BCUT2D eigenvalue weighted by Crippen LogP contribution is 2.32. The zero-order valence-electron chi connectivity index (χ0n) is 12.1. The van der Waals surface area contributed by atoms with E-state index in [1.165, 1.54) is 32.0 Å². The van der Waals surface area contributed by atoms with Gasteiger partial charge in [-0.1, -0.05) is 11.8 Å². The average Bonchev–Trinajstić information content (AvgIpc) is 2.85. The number of thioether (sulfide) groups is 1. The highest BCUT2D eigenvalue weighted by Gasteiger charge is 2.13. The molecule has 114 valence electrons. The average molecular weight is 312 g/mol. The summed E-state index contributed by atoms with van der Waals surface area (Å²) in [4.78, 5) is 0. The van der Waals surface area contributed by atoms with Crippen molar-refractivity contribution in [2.45, 2.75) is 17.5 Å². The van der Waals surface area contributed by atoms with Crippen molar-refractivity contribution < 1.29 is 13.9 Å². The quantitative estimate of drug-likeness (QED) is 0.819. The first-order valence-electron chi connectivity index (χ1n) is 6.22. The van der Waals surface area contributed by atoms with Gasteiger partial charge >= 0.3 is 0 Å². The normalized spacial score (nSPS) is 10.7. The van der Waals surface area contributed by atoms with Crippen molar-refractivity contribution in [2.75, 3.05) is 14.2 Å². The molecule has 0 saturated heterocycles. The van der Waals surface area contributed by atoms with Crippen LogP contribution in [-0.2, 0) is 19.3 Å². The van der Waals surface area contributed by atoms with E-state index in [1.807, 2.05) is 7.05 Å². The number of hydrogen-bond donors (Lipinski definition) is 1. The molecule has 0 unspecified atom stereocenters. The first kappa shape index (κ1) is 15.6. The molecule has 0 aliphatic rings. The van der Waals surface area contributed by atoms with Crippen LogP contribution in [0.25, 0.3) is 0 Å². The van der Waals surface area contributed by atoms with Crippen LogP contribution in [0.15, 0.2) is 17.3 Å². The number of halogens is 1. The lowest BCUT2D eigenvalue weighted by atomic mass is 10.2. The van der Waals surface area contributed by atoms with Crippen LogP contribution in [0.3, 0.4) is 0 Å². The SMILES string of the molecule is COc1cc(F)c(CSc2nnc(CN)n2C)cc1OC. The molecule has 0 radical (unpaired) electrons. The molecule has 0 saturated carbocycles. The van der Waals surface area contributed by atoms with Gasteiger partial charge in [-0.05, 0) is 6.07 Å². The minimum atomic E-state index is -0.346. The predicted molar refractivity (Wildman–Crippen MR) is 78.0 cm³/mol. The van der Waals surface area contributed by atoms with Crippen LogP contribution in [0.2, 0.25) is 0 Å². The van der Waals surface area contributed by atoms with Crippen molar-refractivity contribution in [3.05, 3.63) is 29.3 Å². The van der Waals surface area contributed by atoms with E-state index in [1.54, 1.807) is 10.6 Å². The van der Waals surface area contributed by atoms with Crippen LogP contribution in [0.1, 0.15) is 11.4 Å². The van der Waals surface area contributed by atoms with Crippen molar-refractivity contribution in [3.63, 3.8) is 0 Å². The van der Waals surface area contributed by atoms with Crippen molar-refractivity contribution in [1.29, 1.82) is 0 Å². The van der Waals surface area contributed by atoms with Gasteiger partial charge in [-0.3, -0.25) is 0 Å². The van der Waals surface area contributed by atoms with Crippen LogP contribution in [0, 0.1) is 5.82 Å². The number of methoxy groups -OCH3 is 2. The van der Waals surface area contributed by atoms with E-state index in [-0.39, 0.29) is 5.82 Å². The summed E-state index contributed by atoms with van der Waals surface area (Å²) in [6.45, 7) is 0.314. The second kappa shape index (κ2) is 6.77. The zero-order chi connectivity index (χ0) is 15.4. The van der Waals surface area contributed by atoms with Gasteiger partial charge in [0.05, 0.1) is 20.8 Å². The van der Waals surface area contributed by atoms with Crippen LogP contribution >= 0.6 is 11.8 Å². The van der Waals surface area contributed by atoms with Crippen LogP contribution < -0.4 is 15.2 Å². The van der Waals surface area contributed by atoms with Gasteiger partial charge in [-0.2, -0.15) is 0 Å². The summed E-state index contributed by atoms with van der Waals surface area (Å²) in [5, 5.41) is 8.67. The third kappa shape index (κ3) is 3.27. The number of nitrogens with zero attached hydrogens (tertiary/aromatic N) is 3. The number of hydrogen-bond acceptors (Lipinski definition) is 6. The molecular formula is C13H17FN4O2S. The summed E-state index contributed by atoms with van der Waals surface area (Å²) in [5.41, 5.74) is 6.05. The molecule has 0 amide bonds. The van der Waals surface area contributed by atoms with Gasteiger partial charge in [0, 0.05) is 24.4 Å². The minimum absolute atomic E-state index is 0.314. The monoisotopic (exact) mass is 312 g/mol. The molecule has 0 bridgehead atoms. The Morgan fingerprint density at radius 1 is 1.24 bits per heavy atom. The van der Waals surface area contributed by atoms with Gasteiger partial charge in [0.25, 0.3) is 0 Å². The molecule has 6 nitrogen and oxygen atoms in total. The smallest absolute Gasteiger partial charge is 0.191 e. The van der Waals surface area contributed by atoms with Crippen LogP contribution in [0.4, 0.5) is 4.39 Å². The molecule has 0 aliphatic carbocycles. The molecule has 2 N–H and O–H groups in total. The number of nitrogens with two attached hydrogens (primary N) is 1. The Bertz CT molecular complexity index is 633. The Morgan fingerprint density at radius 2 is 1.90 bits per heavy atom. The molecule has 8 heteroatoms. The lowest BCUT2D eigenvalue weighted by Gasteiger charge is -2.10. The molecule has 0 fully saturated rings. The molecule has 1 aromatic carbocycles. The molecular weight excluding hydrogens is 295 g/mol. The van der Waals surface area contributed by atoms with E-state index >= 15 is 0 Å². The number of rotatable bonds is 6. The van der Waals surface area contributed by atoms with Crippen molar-refractivity contribution in [3.8, 4) is 11.5 Å². The highest BCUT2D eigenvalue weighted by molar-refractivity contribution is 7.98. The lowest BCUT2D eigenvalue weighted by molar-refractivity contribution is 0.352. The van der Waals surface area contributed by atoms with E-state index in [9.17, 15) is 4.39 Å². The second-order valence-corrected chi connectivity index (χ2v) is 5.19. The first-order chi connectivity index (χ1) is 10.1. The molecule has 0 atom stereocenters. The maximum Gasteiger partial charge on any atom is 0.191 e. The molecule has 0 spiro atoms. The Balaban J connectivity index is 2.17. The largest absolute Gasteiger partial charge is 0.493 e. The van der Waals surface area contributed by atoms with Crippen molar-refractivity contribution in [2.24, 2.45) is 12.8 Å². The van der Waals surface area contributed by atoms with E-state index in [4.69, 9.17) is 15.2 Å². The fraction of sp³-hybridized carbons (Fsp3) is 0.385. The summed E-state index contributed by atoms with van der Waals surface area (Å²) in [7, 11) is 4.82. The van der Waals surface area contributed by atoms with Gasteiger partial charge in [0.1, 0.15) is 11.6 Å². The Morgan fingerprint density at radius 3 is 2.48 bits per heavy atom. The minimum Gasteiger partial charge on any atom is -0.493 e.